The number of hydrogen-bond donors (Lipinski definition) is 2. The van der Waals surface area contributed by atoms with E-state index in [1.165, 1.54) is 13.2 Å². The van der Waals surface area contributed by atoms with Crippen molar-refractivity contribution in [3.05, 3.63) is 57.9 Å². The highest BCUT2D eigenvalue weighted by Gasteiger charge is 2.39. The molecule has 0 saturated heterocycles. The van der Waals surface area contributed by atoms with E-state index in [4.69, 9.17) is 21.1 Å². The Morgan fingerprint density at radius 1 is 1.43 bits per heavy atom. The van der Waals surface area contributed by atoms with Crippen LogP contribution in [0.1, 0.15) is 37.7 Å². The number of carbonyl (C=O) groups is 2. The molecule has 0 spiro atoms. The number of phenols is 1. The van der Waals surface area contributed by atoms with Gasteiger partial charge in [-0.15, -0.1) is 0 Å². The second kappa shape index (κ2) is 8.10. The van der Waals surface area contributed by atoms with Crippen LogP contribution >= 0.6 is 11.6 Å². The predicted octanol–water partition coefficient (Wildman–Crippen LogP) is 3.75. The molecule has 0 fully saturated rings. The lowest BCUT2D eigenvalue weighted by Gasteiger charge is -2.34. The largest absolute Gasteiger partial charge is 0.503 e. The fraction of sp³-hybridized carbons (Fsp3) is 0.333. The summed E-state index contributed by atoms with van der Waals surface area (Å²) in [5.74, 6) is -1.25. The standard InChI is InChI=1S/C21H22ClNO5/c1-4-8-28-21(26)17-11(2)23-14-6-5-7-15(24)19(14)18(17)12-9-13(22)20(25)16(10-12)27-3/h4,9-10,18,23,25H,1,5-8H2,2-3H3. The summed E-state index contributed by atoms with van der Waals surface area (Å²) in [4.78, 5) is 25.6. The fourth-order valence-corrected chi connectivity index (χ4v) is 3.93. The zero-order valence-electron chi connectivity index (χ0n) is 15.8. The first-order chi connectivity index (χ1) is 13.4. The second-order valence-electron chi connectivity index (χ2n) is 6.71. The van der Waals surface area contributed by atoms with Gasteiger partial charge in [0.15, 0.2) is 17.3 Å². The maximum absolute atomic E-state index is 12.8. The van der Waals surface area contributed by atoms with Crippen LogP contribution in [0.25, 0.3) is 0 Å². The van der Waals surface area contributed by atoms with E-state index in [-0.39, 0.29) is 28.9 Å². The molecule has 1 aromatic carbocycles. The number of ketones is 1. The highest BCUT2D eigenvalue weighted by atomic mass is 35.5. The number of ether oxygens (including phenoxy) is 2. The molecule has 28 heavy (non-hydrogen) atoms. The van der Waals surface area contributed by atoms with E-state index in [1.54, 1.807) is 19.1 Å². The minimum Gasteiger partial charge on any atom is -0.503 e. The molecule has 0 saturated carbocycles. The maximum Gasteiger partial charge on any atom is 0.337 e. The van der Waals surface area contributed by atoms with Gasteiger partial charge in [-0.3, -0.25) is 4.79 Å². The average molecular weight is 404 g/mol. The lowest BCUT2D eigenvalue weighted by molar-refractivity contribution is -0.138. The van der Waals surface area contributed by atoms with E-state index in [1.807, 2.05) is 0 Å². The van der Waals surface area contributed by atoms with Gasteiger partial charge < -0.3 is 19.9 Å². The number of benzene rings is 1. The van der Waals surface area contributed by atoms with Crippen LogP contribution in [0.4, 0.5) is 0 Å². The Hall–Kier alpha value is -2.73. The molecule has 2 aliphatic rings. The van der Waals surface area contributed by atoms with Gasteiger partial charge in [-0.2, -0.15) is 0 Å². The molecule has 1 atom stereocenters. The summed E-state index contributed by atoms with van der Waals surface area (Å²) < 4.78 is 10.5. The topological polar surface area (TPSA) is 84.9 Å². The number of hydrogen-bond acceptors (Lipinski definition) is 6. The van der Waals surface area contributed by atoms with Crippen LogP contribution in [0.5, 0.6) is 11.5 Å². The van der Waals surface area contributed by atoms with Gasteiger partial charge in [-0.1, -0.05) is 24.3 Å². The SMILES string of the molecule is C=CCOC(=O)C1=C(C)NC2=C(C(=O)CCC2)C1c1cc(Cl)c(O)c(OC)c1. The lowest BCUT2D eigenvalue weighted by atomic mass is 9.75. The van der Waals surface area contributed by atoms with Gasteiger partial charge in [-0.05, 0) is 37.5 Å². The summed E-state index contributed by atoms with van der Waals surface area (Å²) in [5, 5.41) is 13.4. The molecule has 1 unspecified atom stereocenters. The predicted molar refractivity (Wildman–Crippen MR) is 105 cm³/mol. The van der Waals surface area contributed by atoms with Crippen molar-refractivity contribution in [1.82, 2.24) is 5.32 Å². The summed E-state index contributed by atoms with van der Waals surface area (Å²) in [7, 11) is 1.41. The molecule has 148 valence electrons. The van der Waals surface area contributed by atoms with Gasteiger partial charge in [0.2, 0.25) is 0 Å². The van der Waals surface area contributed by atoms with Crippen LogP contribution in [0.15, 0.2) is 47.3 Å². The first-order valence-electron chi connectivity index (χ1n) is 8.97. The Morgan fingerprint density at radius 2 is 2.18 bits per heavy atom. The van der Waals surface area contributed by atoms with Crippen molar-refractivity contribution in [1.29, 1.82) is 0 Å². The van der Waals surface area contributed by atoms with Gasteiger partial charge in [-0.25, -0.2) is 4.79 Å². The Balaban J connectivity index is 2.20. The van der Waals surface area contributed by atoms with Crippen LogP contribution in [0, 0.1) is 0 Å². The molecular formula is C21H22ClNO5. The highest BCUT2D eigenvalue weighted by molar-refractivity contribution is 6.32. The lowest BCUT2D eigenvalue weighted by Crippen LogP contribution is -2.34. The number of halogens is 1. The first-order valence-corrected chi connectivity index (χ1v) is 9.35. The minimum atomic E-state index is -0.659. The van der Waals surface area contributed by atoms with E-state index in [0.29, 0.717) is 35.2 Å². The molecule has 0 amide bonds. The average Bonchev–Trinajstić information content (AvgIpc) is 2.67. The van der Waals surface area contributed by atoms with Crippen molar-refractivity contribution in [2.24, 2.45) is 0 Å². The van der Waals surface area contributed by atoms with Crippen LogP contribution < -0.4 is 10.1 Å². The monoisotopic (exact) mass is 403 g/mol. The molecule has 1 aromatic rings. The third kappa shape index (κ3) is 3.52. The molecule has 2 N–H and O–H groups in total. The number of carbonyl (C=O) groups excluding carboxylic acids is 2. The van der Waals surface area contributed by atoms with Crippen molar-refractivity contribution < 1.29 is 24.2 Å². The number of aromatic hydroxyl groups is 1. The Kier molecular flexibility index (Phi) is 5.79. The molecule has 0 radical (unpaired) electrons. The summed E-state index contributed by atoms with van der Waals surface area (Å²) in [5.41, 5.74) is 2.87. The summed E-state index contributed by atoms with van der Waals surface area (Å²) >= 11 is 6.18. The molecule has 6 nitrogen and oxygen atoms in total. The Morgan fingerprint density at radius 3 is 2.86 bits per heavy atom. The highest BCUT2D eigenvalue weighted by Crippen LogP contribution is 2.46. The quantitative estimate of drug-likeness (QED) is 0.575. The molecule has 0 aromatic heterocycles. The molecule has 1 heterocycles. The zero-order valence-corrected chi connectivity index (χ0v) is 16.6. The van der Waals surface area contributed by atoms with Crippen LogP contribution in [0.3, 0.4) is 0 Å². The van der Waals surface area contributed by atoms with Crippen LogP contribution in [0.2, 0.25) is 5.02 Å². The van der Waals surface area contributed by atoms with Gasteiger partial charge in [0.25, 0.3) is 0 Å². The van der Waals surface area contributed by atoms with Crippen LogP contribution in [-0.2, 0) is 14.3 Å². The normalized spacial score (nSPS) is 19.1. The van der Waals surface area contributed by atoms with E-state index in [9.17, 15) is 14.7 Å². The summed E-state index contributed by atoms with van der Waals surface area (Å²) in [6.07, 6.45) is 3.36. The second-order valence-corrected chi connectivity index (χ2v) is 7.11. The number of Topliss-reactive ketones (excluding diaryl/α,β-unsaturated/α-hetero) is 1. The van der Waals surface area contributed by atoms with Crippen LogP contribution in [-0.4, -0.2) is 30.6 Å². The number of nitrogens with one attached hydrogen (secondary N) is 1. The van der Waals surface area contributed by atoms with E-state index >= 15 is 0 Å². The van der Waals surface area contributed by atoms with Gasteiger partial charge in [0.1, 0.15) is 6.61 Å². The number of methoxy groups -OCH3 is 1. The summed E-state index contributed by atoms with van der Waals surface area (Å²) in [6, 6.07) is 3.15. The van der Waals surface area contributed by atoms with E-state index in [0.717, 1.165) is 12.1 Å². The molecule has 1 aliphatic heterocycles. The molecule has 0 bridgehead atoms. The van der Waals surface area contributed by atoms with E-state index < -0.39 is 11.9 Å². The molecular weight excluding hydrogens is 382 g/mol. The third-order valence-corrected chi connectivity index (χ3v) is 5.22. The van der Waals surface area contributed by atoms with Gasteiger partial charge in [0, 0.05) is 29.3 Å². The number of allylic oxidation sites excluding steroid dienone is 3. The van der Waals surface area contributed by atoms with Crippen molar-refractivity contribution in [3.8, 4) is 11.5 Å². The van der Waals surface area contributed by atoms with Crippen molar-refractivity contribution >= 4 is 23.4 Å². The molecule has 3 rings (SSSR count). The summed E-state index contributed by atoms with van der Waals surface area (Å²) in [6.45, 7) is 5.40. The number of phenolic OH excluding ortho intramolecular Hbond substituents is 1. The van der Waals surface area contributed by atoms with Crippen molar-refractivity contribution in [2.45, 2.75) is 32.1 Å². The Bertz CT molecular complexity index is 916. The number of rotatable bonds is 5. The number of esters is 1. The fourth-order valence-electron chi connectivity index (χ4n) is 3.72. The van der Waals surface area contributed by atoms with Gasteiger partial charge >= 0.3 is 5.97 Å². The maximum atomic E-state index is 12.8. The Labute approximate surface area is 168 Å². The van der Waals surface area contributed by atoms with E-state index in [2.05, 4.69) is 11.9 Å². The van der Waals surface area contributed by atoms with Crippen molar-refractivity contribution in [2.75, 3.05) is 13.7 Å². The first kappa shape index (κ1) is 20.0. The zero-order chi connectivity index (χ0) is 20.4. The smallest absolute Gasteiger partial charge is 0.337 e. The minimum absolute atomic E-state index is 0.0246. The van der Waals surface area contributed by atoms with Gasteiger partial charge in [0.05, 0.1) is 17.7 Å². The van der Waals surface area contributed by atoms with Crippen molar-refractivity contribution in [3.63, 3.8) is 0 Å². The number of dihydropyridines is 1. The molecule has 1 aliphatic carbocycles. The third-order valence-electron chi connectivity index (χ3n) is 4.93. The molecule has 7 heteroatoms.